The maximum atomic E-state index is 12.2. The normalized spacial score (nSPS) is 12.0. The van der Waals surface area contributed by atoms with Gasteiger partial charge in [0.15, 0.2) is 15.4 Å². The molecule has 0 aliphatic heterocycles. The first-order valence-electron chi connectivity index (χ1n) is 6.92. The lowest BCUT2D eigenvalue weighted by Crippen LogP contribution is -2.23. The van der Waals surface area contributed by atoms with Crippen LogP contribution in [0.1, 0.15) is 25.2 Å². The number of H-pyrrole nitrogens is 1. The van der Waals surface area contributed by atoms with E-state index in [2.05, 4.69) is 25.5 Å². The van der Waals surface area contributed by atoms with Crippen molar-refractivity contribution in [2.45, 2.75) is 38.1 Å². The van der Waals surface area contributed by atoms with Crippen LogP contribution >= 0.6 is 23.1 Å². The molecular weight excluding hydrogens is 338 g/mol. The number of anilines is 1. The molecule has 0 fully saturated rings. The quantitative estimate of drug-likeness (QED) is 0.760. The van der Waals surface area contributed by atoms with Gasteiger partial charge >= 0.3 is 0 Å². The smallest absolute Gasteiger partial charge is 0.273 e. The van der Waals surface area contributed by atoms with Gasteiger partial charge in [-0.25, -0.2) is 4.98 Å². The Balaban J connectivity index is 2.00. The predicted molar refractivity (Wildman–Crippen MR) is 89.4 cm³/mol. The molecule has 10 heteroatoms. The maximum absolute atomic E-state index is 12.2. The summed E-state index contributed by atoms with van der Waals surface area (Å²) in [7, 11) is 0. The van der Waals surface area contributed by atoms with Crippen molar-refractivity contribution in [2.75, 3.05) is 11.9 Å². The Bertz CT molecular complexity index is 758. The monoisotopic (exact) mass is 355 g/mol. The van der Waals surface area contributed by atoms with Crippen LogP contribution in [0.3, 0.4) is 0 Å². The summed E-state index contributed by atoms with van der Waals surface area (Å²) >= 11 is 2.40. The summed E-state index contributed by atoms with van der Waals surface area (Å²) in [6.45, 7) is 7.53. The molecule has 0 aliphatic carbocycles. The van der Waals surface area contributed by atoms with Gasteiger partial charge in [-0.15, -0.1) is 10.2 Å². The number of hydrogen-bond acceptors (Lipinski definition) is 8. The fourth-order valence-corrected chi connectivity index (χ4v) is 3.18. The summed E-state index contributed by atoms with van der Waals surface area (Å²) < 4.78 is 5.42. The number of carbonyl (C=O) groups excluding carboxylic acids is 1. The lowest BCUT2D eigenvalue weighted by Gasteiger charge is -2.09. The number of aromatic nitrogens is 4. The second-order valence-electron chi connectivity index (χ2n) is 4.62. The highest BCUT2D eigenvalue weighted by Crippen LogP contribution is 2.30. The average molecular weight is 355 g/mol. The third-order valence-electron chi connectivity index (χ3n) is 2.76. The molecule has 0 unspecified atom stereocenters. The van der Waals surface area contributed by atoms with Gasteiger partial charge in [-0.1, -0.05) is 23.1 Å². The summed E-state index contributed by atoms with van der Waals surface area (Å²) in [5.74, 6) is -0.241. The van der Waals surface area contributed by atoms with E-state index in [4.69, 9.17) is 4.74 Å². The van der Waals surface area contributed by atoms with Crippen molar-refractivity contribution in [2.24, 2.45) is 0 Å². The number of carbonyl (C=O) groups is 1. The van der Waals surface area contributed by atoms with Crippen LogP contribution in [-0.2, 0) is 4.79 Å². The van der Waals surface area contributed by atoms with Crippen LogP contribution in [0, 0.1) is 13.8 Å². The molecule has 2 aromatic rings. The average Bonchev–Trinajstić information content (AvgIpc) is 2.83. The van der Waals surface area contributed by atoms with Crippen LogP contribution in [0.15, 0.2) is 9.95 Å². The zero-order valence-electron chi connectivity index (χ0n) is 13.2. The highest BCUT2D eigenvalue weighted by atomic mass is 32.2. The van der Waals surface area contributed by atoms with E-state index in [1.165, 1.54) is 11.3 Å². The molecule has 0 bridgehead atoms. The van der Waals surface area contributed by atoms with Gasteiger partial charge in [0.05, 0.1) is 17.6 Å². The van der Waals surface area contributed by atoms with E-state index in [0.717, 1.165) is 17.5 Å². The molecular formula is C13H17N5O3S2. The molecule has 0 aromatic carbocycles. The van der Waals surface area contributed by atoms with Gasteiger partial charge in [0.1, 0.15) is 5.69 Å². The molecule has 0 saturated carbocycles. The molecule has 2 rings (SSSR count). The zero-order chi connectivity index (χ0) is 17.0. The van der Waals surface area contributed by atoms with Crippen LogP contribution in [0.5, 0.6) is 5.06 Å². The second-order valence-corrected chi connectivity index (χ2v) is 6.91. The third-order valence-corrected chi connectivity index (χ3v) is 4.72. The highest BCUT2D eigenvalue weighted by Gasteiger charge is 2.19. The first kappa shape index (κ1) is 17.4. The van der Waals surface area contributed by atoms with Gasteiger partial charge in [0.2, 0.25) is 5.91 Å². The molecule has 0 saturated heterocycles. The Morgan fingerprint density at radius 2 is 2.13 bits per heavy atom. The Morgan fingerprint density at radius 3 is 2.78 bits per heavy atom. The van der Waals surface area contributed by atoms with Crippen LogP contribution in [0.25, 0.3) is 0 Å². The van der Waals surface area contributed by atoms with Crippen molar-refractivity contribution in [3.8, 4) is 5.06 Å². The van der Waals surface area contributed by atoms with Crippen molar-refractivity contribution >= 4 is 34.1 Å². The third kappa shape index (κ3) is 4.52. The minimum Gasteiger partial charge on any atom is -0.483 e. The van der Waals surface area contributed by atoms with Crippen LogP contribution in [0.2, 0.25) is 0 Å². The van der Waals surface area contributed by atoms with Gasteiger partial charge in [0, 0.05) is 0 Å². The van der Waals surface area contributed by atoms with E-state index in [-0.39, 0.29) is 17.2 Å². The van der Waals surface area contributed by atoms with Crippen molar-refractivity contribution in [1.29, 1.82) is 0 Å². The van der Waals surface area contributed by atoms with E-state index in [0.29, 0.717) is 22.0 Å². The topological polar surface area (TPSA) is 110 Å². The number of aryl methyl sites for hydroxylation is 2. The van der Waals surface area contributed by atoms with E-state index in [1.54, 1.807) is 13.8 Å². The Hall–Kier alpha value is -1.94. The minimum atomic E-state index is -0.470. The van der Waals surface area contributed by atoms with E-state index >= 15 is 0 Å². The fraction of sp³-hybridized carbons (Fsp3) is 0.462. The number of hydrogen-bond donors (Lipinski definition) is 2. The lowest BCUT2D eigenvalue weighted by atomic mass is 10.4. The summed E-state index contributed by atoms with van der Waals surface area (Å²) in [4.78, 5) is 30.5. The number of amides is 1. The second kappa shape index (κ2) is 7.55. The van der Waals surface area contributed by atoms with Gasteiger partial charge in [-0.3, -0.25) is 14.6 Å². The summed E-state index contributed by atoms with van der Waals surface area (Å²) in [5.41, 5.74) is 0.710. The number of rotatable bonds is 6. The van der Waals surface area contributed by atoms with Crippen molar-refractivity contribution < 1.29 is 9.53 Å². The summed E-state index contributed by atoms with van der Waals surface area (Å²) in [6, 6.07) is 0. The molecule has 2 heterocycles. The maximum Gasteiger partial charge on any atom is 0.273 e. The van der Waals surface area contributed by atoms with Crippen LogP contribution in [0.4, 0.5) is 5.13 Å². The summed E-state index contributed by atoms with van der Waals surface area (Å²) in [6.07, 6.45) is 0. The molecule has 0 aliphatic rings. The first-order valence-corrected chi connectivity index (χ1v) is 8.61. The Labute approximate surface area is 141 Å². The first-order chi connectivity index (χ1) is 10.9. The van der Waals surface area contributed by atoms with Crippen LogP contribution < -0.4 is 15.6 Å². The van der Waals surface area contributed by atoms with Crippen molar-refractivity contribution in [3.63, 3.8) is 0 Å². The molecule has 23 heavy (non-hydrogen) atoms. The number of thiazole rings is 1. The molecule has 1 atom stereocenters. The highest BCUT2D eigenvalue weighted by molar-refractivity contribution is 8.00. The van der Waals surface area contributed by atoms with Crippen molar-refractivity contribution in [1.82, 2.24) is 20.2 Å². The van der Waals surface area contributed by atoms with Crippen molar-refractivity contribution in [3.05, 3.63) is 21.7 Å². The van der Waals surface area contributed by atoms with Gasteiger partial charge in [-0.05, 0) is 27.7 Å². The van der Waals surface area contributed by atoms with Gasteiger partial charge in [0.25, 0.3) is 5.56 Å². The SMILES string of the molecule is CCOc1sc(NC(=O)[C@@H](C)Sc2nnc(C)c(=O)[nH]2)nc1C. The molecule has 8 nitrogen and oxygen atoms in total. The molecule has 124 valence electrons. The Kier molecular flexibility index (Phi) is 5.72. The molecule has 2 aromatic heterocycles. The fourth-order valence-electron chi connectivity index (χ4n) is 1.56. The Morgan fingerprint density at radius 1 is 1.39 bits per heavy atom. The van der Waals surface area contributed by atoms with E-state index in [9.17, 15) is 9.59 Å². The van der Waals surface area contributed by atoms with E-state index in [1.807, 2.05) is 13.8 Å². The van der Waals surface area contributed by atoms with Crippen LogP contribution in [-0.4, -0.2) is 37.9 Å². The zero-order valence-corrected chi connectivity index (χ0v) is 14.8. The van der Waals surface area contributed by atoms with E-state index < -0.39 is 5.25 Å². The number of aromatic amines is 1. The standard InChI is InChI=1S/C13H17N5O3S2/c1-5-21-11-7(3)14-12(23-11)16-10(20)8(4)22-13-15-9(19)6(2)17-18-13/h8H,5H2,1-4H3,(H,14,16,20)(H,15,18,19)/t8-/m1/s1. The molecule has 0 radical (unpaired) electrons. The number of nitrogens with one attached hydrogen (secondary N) is 2. The largest absolute Gasteiger partial charge is 0.483 e. The number of nitrogens with zero attached hydrogens (tertiary/aromatic N) is 3. The molecule has 1 amide bonds. The summed E-state index contributed by atoms with van der Waals surface area (Å²) in [5, 5.41) is 11.3. The minimum absolute atomic E-state index is 0.241. The number of thioether (sulfide) groups is 1. The van der Waals surface area contributed by atoms with Gasteiger partial charge in [-0.2, -0.15) is 0 Å². The molecule has 0 spiro atoms. The molecule has 2 N–H and O–H groups in total. The van der Waals surface area contributed by atoms with Gasteiger partial charge < -0.3 is 10.1 Å². The lowest BCUT2D eigenvalue weighted by molar-refractivity contribution is -0.115. The number of ether oxygens (including phenoxy) is 1. The predicted octanol–water partition coefficient (Wildman–Crippen LogP) is 1.76.